The number of carbonyl (C=O) groups is 1. The Hall–Kier alpha value is -1.62. The largest absolute Gasteiger partial charge is 0.490 e. The van der Waals surface area contributed by atoms with Gasteiger partial charge in [-0.1, -0.05) is 25.3 Å². The molecule has 1 saturated carbocycles. The summed E-state index contributed by atoms with van der Waals surface area (Å²) in [6.45, 7) is -0.00324. The molecule has 0 unspecified atom stereocenters. The first-order valence-corrected chi connectivity index (χ1v) is 6.39. The molecule has 0 heterocycles. The molecule has 0 amide bonds. The van der Waals surface area contributed by atoms with Crippen molar-refractivity contribution in [3.63, 3.8) is 0 Å². The van der Waals surface area contributed by atoms with Crippen LogP contribution in [-0.2, 0) is 0 Å². The van der Waals surface area contributed by atoms with Crippen molar-refractivity contribution < 1.29 is 24.1 Å². The molecule has 1 aromatic carbocycles. The fraction of sp³-hybridized carbons (Fsp3) is 0.500. The molecule has 0 aliphatic heterocycles. The summed E-state index contributed by atoms with van der Waals surface area (Å²) in [5.41, 5.74) is -1.41. The van der Waals surface area contributed by atoms with E-state index in [9.17, 15) is 14.3 Å². The SMILES string of the molecule is O=C(O)c1c(F)cccc1OCC1(O)CCCCC1. The van der Waals surface area contributed by atoms with Gasteiger partial charge >= 0.3 is 5.97 Å². The Labute approximate surface area is 110 Å². The summed E-state index contributed by atoms with van der Waals surface area (Å²) in [5, 5.41) is 19.2. The Kier molecular flexibility index (Phi) is 4.04. The van der Waals surface area contributed by atoms with E-state index in [-0.39, 0.29) is 12.4 Å². The topological polar surface area (TPSA) is 66.8 Å². The van der Waals surface area contributed by atoms with E-state index in [0.717, 1.165) is 25.3 Å². The number of hydrogen-bond donors (Lipinski definition) is 2. The summed E-state index contributed by atoms with van der Waals surface area (Å²) >= 11 is 0. The molecule has 5 heteroatoms. The van der Waals surface area contributed by atoms with E-state index < -0.39 is 23.0 Å². The van der Waals surface area contributed by atoms with Gasteiger partial charge in [0.05, 0.1) is 5.60 Å². The van der Waals surface area contributed by atoms with Crippen LogP contribution >= 0.6 is 0 Å². The molecule has 0 aromatic heterocycles. The van der Waals surface area contributed by atoms with Crippen molar-refractivity contribution in [1.82, 2.24) is 0 Å². The lowest BCUT2D eigenvalue weighted by molar-refractivity contribution is -0.0342. The maximum Gasteiger partial charge on any atom is 0.342 e. The van der Waals surface area contributed by atoms with Gasteiger partial charge in [0.25, 0.3) is 0 Å². The van der Waals surface area contributed by atoms with Gasteiger partial charge in [-0.05, 0) is 25.0 Å². The van der Waals surface area contributed by atoms with E-state index in [2.05, 4.69) is 0 Å². The van der Waals surface area contributed by atoms with Crippen molar-refractivity contribution in [3.8, 4) is 5.75 Å². The summed E-state index contributed by atoms with van der Waals surface area (Å²) in [4.78, 5) is 11.0. The zero-order valence-corrected chi connectivity index (χ0v) is 10.6. The zero-order valence-electron chi connectivity index (χ0n) is 10.6. The van der Waals surface area contributed by atoms with Crippen LogP contribution in [0.15, 0.2) is 18.2 Å². The zero-order chi connectivity index (χ0) is 13.9. The number of hydrogen-bond acceptors (Lipinski definition) is 3. The van der Waals surface area contributed by atoms with Gasteiger partial charge < -0.3 is 14.9 Å². The Morgan fingerprint density at radius 3 is 2.63 bits per heavy atom. The Bertz CT molecular complexity index is 467. The average molecular weight is 268 g/mol. The van der Waals surface area contributed by atoms with Crippen molar-refractivity contribution in [1.29, 1.82) is 0 Å². The first kappa shape index (κ1) is 13.8. The third-order valence-corrected chi connectivity index (χ3v) is 3.47. The molecule has 1 aliphatic carbocycles. The first-order valence-electron chi connectivity index (χ1n) is 6.39. The molecule has 2 rings (SSSR count). The molecule has 0 spiro atoms. The minimum absolute atomic E-state index is 0.00324. The number of aromatic carboxylic acids is 1. The summed E-state index contributed by atoms with van der Waals surface area (Å²) in [6, 6.07) is 3.87. The predicted molar refractivity (Wildman–Crippen MR) is 66.9 cm³/mol. The lowest BCUT2D eigenvalue weighted by Crippen LogP contribution is -2.38. The summed E-state index contributed by atoms with van der Waals surface area (Å²) < 4.78 is 18.8. The van der Waals surface area contributed by atoms with Crippen LogP contribution < -0.4 is 4.74 Å². The quantitative estimate of drug-likeness (QED) is 0.880. The summed E-state index contributed by atoms with van der Waals surface area (Å²) in [5.74, 6) is -2.24. The van der Waals surface area contributed by atoms with Crippen molar-refractivity contribution in [2.45, 2.75) is 37.7 Å². The number of benzene rings is 1. The highest BCUT2D eigenvalue weighted by atomic mass is 19.1. The Balaban J connectivity index is 2.11. The van der Waals surface area contributed by atoms with E-state index in [0.29, 0.717) is 12.8 Å². The van der Waals surface area contributed by atoms with Crippen LogP contribution in [0.5, 0.6) is 5.75 Å². The average Bonchev–Trinajstić information content (AvgIpc) is 2.37. The molecule has 0 saturated heterocycles. The van der Waals surface area contributed by atoms with Crippen LogP contribution in [0.2, 0.25) is 0 Å². The molecular weight excluding hydrogens is 251 g/mol. The molecule has 0 bridgehead atoms. The van der Waals surface area contributed by atoms with Crippen LogP contribution in [-0.4, -0.2) is 28.4 Å². The normalized spacial score (nSPS) is 18.0. The van der Waals surface area contributed by atoms with Gasteiger partial charge in [-0.25, -0.2) is 9.18 Å². The highest BCUT2D eigenvalue weighted by molar-refractivity contribution is 5.91. The minimum Gasteiger partial charge on any atom is -0.490 e. The van der Waals surface area contributed by atoms with E-state index >= 15 is 0 Å². The molecule has 1 aromatic rings. The van der Waals surface area contributed by atoms with Crippen LogP contribution in [0.3, 0.4) is 0 Å². The van der Waals surface area contributed by atoms with Gasteiger partial charge in [-0.15, -0.1) is 0 Å². The van der Waals surface area contributed by atoms with Crippen LogP contribution in [0.1, 0.15) is 42.5 Å². The standard InChI is InChI=1S/C14H17FO4/c15-10-5-4-6-11(12(10)13(16)17)19-9-14(18)7-2-1-3-8-14/h4-6,18H,1-3,7-9H2,(H,16,17). The van der Waals surface area contributed by atoms with E-state index in [4.69, 9.17) is 9.84 Å². The second-order valence-electron chi connectivity index (χ2n) is 4.99. The third kappa shape index (κ3) is 3.23. The number of aliphatic hydroxyl groups is 1. The number of ether oxygens (including phenoxy) is 1. The van der Waals surface area contributed by atoms with E-state index in [1.54, 1.807) is 0 Å². The lowest BCUT2D eigenvalue weighted by atomic mass is 9.85. The molecule has 19 heavy (non-hydrogen) atoms. The molecular formula is C14H17FO4. The maximum atomic E-state index is 13.4. The molecule has 1 fully saturated rings. The monoisotopic (exact) mass is 268 g/mol. The Morgan fingerprint density at radius 1 is 1.32 bits per heavy atom. The lowest BCUT2D eigenvalue weighted by Gasteiger charge is -2.31. The predicted octanol–water partition coefficient (Wildman–Crippen LogP) is 2.60. The van der Waals surface area contributed by atoms with Crippen LogP contribution in [0.4, 0.5) is 4.39 Å². The molecule has 4 nitrogen and oxygen atoms in total. The van der Waals surface area contributed by atoms with Crippen molar-refractivity contribution in [2.75, 3.05) is 6.61 Å². The van der Waals surface area contributed by atoms with E-state index in [1.165, 1.54) is 12.1 Å². The fourth-order valence-electron chi connectivity index (χ4n) is 2.40. The van der Waals surface area contributed by atoms with Crippen LogP contribution in [0, 0.1) is 5.82 Å². The van der Waals surface area contributed by atoms with Gasteiger partial charge in [0.1, 0.15) is 23.7 Å². The van der Waals surface area contributed by atoms with Gasteiger partial charge in [-0.3, -0.25) is 0 Å². The van der Waals surface area contributed by atoms with Crippen molar-refractivity contribution in [3.05, 3.63) is 29.6 Å². The second-order valence-corrected chi connectivity index (χ2v) is 4.99. The molecule has 2 N–H and O–H groups in total. The molecule has 0 atom stereocenters. The summed E-state index contributed by atoms with van der Waals surface area (Å²) in [7, 11) is 0. The number of rotatable bonds is 4. The van der Waals surface area contributed by atoms with Gasteiger partial charge in [0.2, 0.25) is 0 Å². The Morgan fingerprint density at radius 2 is 2.00 bits per heavy atom. The fourth-order valence-corrected chi connectivity index (χ4v) is 2.40. The molecule has 1 aliphatic rings. The summed E-state index contributed by atoms with van der Waals surface area (Å²) in [6.07, 6.45) is 4.20. The smallest absolute Gasteiger partial charge is 0.342 e. The van der Waals surface area contributed by atoms with Gasteiger partial charge in [-0.2, -0.15) is 0 Å². The number of carboxylic acid groups (broad SMARTS) is 1. The highest BCUT2D eigenvalue weighted by Gasteiger charge is 2.30. The van der Waals surface area contributed by atoms with Crippen LogP contribution in [0.25, 0.3) is 0 Å². The second kappa shape index (κ2) is 5.57. The first-order chi connectivity index (χ1) is 9.02. The van der Waals surface area contributed by atoms with Gasteiger partial charge in [0.15, 0.2) is 0 Å². The number of carboxylic acids is 1. The molecule has 104 valence electrons. The number of halogens is 1. The van der Waals surface area contributed by atoms with E-state index in [1.807, 2.05) is 0 Å². The van der Waals surface area contributed by atoms with Crippen molar-refractivity contribution >= 4 is 5.97 Å². The third-order valence-electron chi connectivity index (χ3n) is 3.47. The minimum atomic E-state index is -1.37. The molecule has 0 radical (unpaired) electrons. The highest BCUT2D eigenvalue weighted by Crippen LogP contribution is 2.30. The van der Waals surface area contributed by atoms with Gasteiger partial charge in [0, 0.05) is 0 Å². The maximum absolute atomic E-state index is 13.4. The van der Waals surface area contributed by atoms with Crippen molar-refractivity contribution in [2.24, 2.45) is 0 Å².